The average molecular weight is 294 g/mol. The molecule has 1 fully saturated rings. The average Bonchev–Trinajstić information content (AvgIpc) is 2.77. The zero-order chi connectivity index (χ0) is 15.1. The highest BCUT2D eigenvalue weighted by molar-refractivity contribution is 5.61. The van der Waals surface area contributed by atoms with Gasteiger partial charge >= 0.3 is 0 Å². The van der Waals surface area contributed by atoms with Crippen LogP contribution in [0, 0.1) is 17.8 Å². The van der Waals surface area contributed by atoms with Gasteiger partial charge in [0.2, 0.25) is 0 Å². The normalized spacial score (nSPS) is 34.0. The van der Waals surface area contributed by atoms with Crippen LogP contribution in [0.25, 0.3) is 5.57 Å². The molecule has 22 heavy (non-hydrogen) atoms. The lowest BCUT2D eigenvalue weighted by Crippen LogP contribution is -2.39. The van der Waals surface area contributed by atoms with Crippen molar-refractivity contribution < 1.29 is 5.11 Å². The molecule has 0 radical (unpaired) electrons. The van der Waals surface area contributed by atoms with Crippen molar-refractivity contribution in [2.24, 2.45) is 27.7 Å². The van der Waals surface area contributed by atoms with Crippen LogP contribution in [0.3, 0.4) is 0 Å². The second-order valence-corrected chi connectivity index (χ2v) is 6.65. The number of aliphatic hydroxyl groups excluding tert-OH is 1. The summed E-state index contributed by atoms with van der Waals surface area (Å²) in [5, 5.41) is 13.2. The van der Waals surface area contributed by atoms with Gasteiger partial charge in [-0.25, -0.2) is 0 Å². The lowest BCUT2D eigenvalue weighted by Gasteiger charge is -2.28. The first kappa shape index (κ1) is 13.9. The van der Waals surface area contributed by atoms with Crippen molar-refractivity contribution in [1.29, 1.82) is 0 Å². The maximum Gasteiger partial charge on any atom is 0.0809 e. The quantitative estimate of drug-likeness (QED) is 0.844. The Morgan fingerprint density at radius 2 is 2.18 bits per heavy atom. The second-order valence-electron chi connectivity index (χ2n) is 6.65. The van der Waals surface area contributed by atoms with E-state index in [0.717, 1.165) is 42.0 Å². The molecule has 4 rings (SSSR count). The van der Waals surface area contributed by atoms with Crippen molar-refractivity contribution >= 4 is 11.8 Å². The summed E-state index contributed by atoms with van der Waals surface area (Å²) in [6, 6.07) is 8.37. The van der Waals surface area contributed by atoms with E-state index in [1.165, 1.54) is 0 Å². The first-order chi connectivity index (χ1) is 10.8. The summed E-state index contributed by atoms with van der Waals surface area (Å²) >= 11 is 0. The van der Waals surface area contributed by atoms with Crippen molar-refractivity contribution in [3.8, 4) is 0 Å². The van der Waals surface area contributed by atoms with Crippen LogP contribution in [0.4, 0.5) is 0 Å². The Morgan fingerprint density at radius 3 is 3.00 bits per heavy atom. The highest BCUT2D eigenvalue weighted by Gasteiger charge is 2.46. The predicted octanol–water partition coefficient (Wildman–Crippen LogP) is 1.50. The fraction of sp³-hybridized carbons (Fsp3) is 0.474. The van der Waals surface area contributed by atoms with Crippen molar-refractivity contribution in [3.05, 3.63) is 47.5 Å². The Labute approximate surface area is 130 Å². The van der Waals surface area contributed by atoms with Crippen molar-refractivity contribution in [2.75, 3.05) is 6.54 Å². The molecule has 0 spiro atoms. The zero-order valence-electron chi connectivity index (χ0n) is 12.7. The third-order valence-corrected chi connectivity index (χ3v) is 5.59. The molecular formula is C19H22N2O. The summed E-state index contributed by atoms with van der Waals surface area (Å²) in [6.07, 6.45) is 6.62. The molecule has 0 saturated heterocycles. The van der Waals surface area contributed by atoms with Crippen LogP contribution in [-0.4, -0.2) is 30.0 Å². The van der Waals surface area contributed by atoms with E-state index in [4.69, 9.17) is 4.99 Å². The van der Waals surface area contributed by atoms with Crippen molar-refractivity contribution in [1.82, 2.24) is 0 Å². The minimum atomic E-state index is -0.413. The molecule has 1 aromatic rings. The van der Waals surface area contributed by atoms with E-state index < -0.39 is 6.10 Å². The number of rotatable bonds is 3. The molecule has 114 valence electrons. The predicted molar refractivity (Wildman–Crippen MR) is 88.3 cm³/mol. The molecule has 1 saturated carbocycles. The monoisotopic (exact) mass is 294 g/mol. The molecule has 5 atom stereocenters. The van der Waals surface area contributed by atoms with Gasteiger partial charge in [-0.3, -0.25) is 9.98 Å². The van der Waals surface area contributed by atoms with E-state index in [2.05, 4.69) is 23.9 Å². The Kier molecular flexibility index (Phi) is 3.45. The molecule has 0 amide bonds. The first-order valence-electron chi connectivity index (χ1n) is 8.24. The van der Waals surface area contributed by atoms with Crippen molar-refractivity contribution in [2.45, 2.75) is 31.4 Å². The number of fused-ring (bicyclic) bond motifs is 3. The maximum absolute atomic E-state index is 11.1. The molecule has 2 aliphatic heterocycles. The Balaban J connectivity index is 1.74. The third kappa shape index (κ3) is 2.07. The fourth-order valence-electron chi connectivity index (χ4n) is 4.52. The van der Waals surface area contributed by atoms with Crippen LogP contribution in [0.1, 0.15) is 19.3 Å². The van der Waals surface area contributed by atoms with Gasteiger partial charge in [0.1, 0.15) is 0 Å². The third-order valence-electron chi connectivity index (χ3n) is 5.59. The molecule has 1 aliphatic carbocycles. The number of aliphatic imine (C=N–C) groups is 1. The van der Waals surface area contributed by atoms with Gasteiger partial charge in [0.05, 0.1) is 17.5 Å². The van der Waals surface area contributed by atoms with E-state index in [1.807, 2.05) is 24.3 Å². The molecule has 2 heterocycles. The summed E-state index contributed by atoms with van der Waals surface area (Å²) in [4.78, 5) is 9.27. The number of para-hydroxylation sites is 1. The highest BCUT2D eigenvalue weighted by atomic mass is 16.3. The minimum Gasteiger partial charge on any atom is -0.388 e. The van der Waals surface area contributed by atoms with Crippen LogP contribution in [0.15, 0.2) is 46.9 Å². The summed E-state index contributed by atoms with van der Waals surface area (Å²) in [5.41, 5.74) is 1.15. The van der Waals surface area contributed by atoms with Gasteiger partial charge in [-0.05, 0) is 43.0 Å². The van der Waals surface area contributed by atoms with E-state index in [9.17, 15) is 5.11 Å². The minimum absolute atomic E-state index is 0.199. The van der Waals surface area contributed by atoms with Gasteiger partial charge in [-0.2, -0.15) is 0 Å². The number of benzene rings is 1. The van der Waals surface area contributed by atoms with E-state index >= 15 is 0 Å². The largest absolute Gasteiger partial charge is 0.388 e. The summed E-state index contributed by atoms with van der Waals surface area (Å²) in [5.74, 6) is 1.24. The van der Waals surface area contributed by atoms with Gasteiger partial charge in [0.25, 0.3) is 0 Å². The van der Waals surface area contributed by atoms with Gasteiger partial charge in [0, 0.05) is 23.6 Å². The lowest BCUT2D eigenvalue weighted by molar-refractivity contribution is 0.148. The van der Waals surface area contributed by atoms with Gasteiger partial charge in [-0.15, -0.1) is 6.58 Å². The fourth-order valence-corrected chi connectivity index (χ4v) is 4.52. The molecule has 1 N–H and O–H groups in total. The van der Waals surface area contributed by atoms with Crippen LogP contribution >= 0.6 is 0 Å². The van der Waals surface area contributed by atoms with Crippen LogP contribution in [0.5, 0.6) is 0 Å². The molecule has 3 aliphatic rings. The molecule has 3 nitrogen and oxygen atoms in total. The van der Waals surface area contributed by atoms with Gasteiger partial charge in [-0.1, -0.05) is 24.3 Å². The smallest absolute Gasteiger partial charge is 0.0809 e. The van der Waals surface area contributed by atoms with Gasteiger partial charge < -0.3 is 5.11 Å². The highest BCUT2D eigenvalue weighted by Crippen LogP contribution is 2.46. The molecule has 3 heteroatoms. The number of nitrogens with zero attached hydrogens (tertiary/aromatic N) is 2. The summed E-state index contributed by atoms with van der Waals surface area (Å²) in [7, 11) is 0. The zero-order valence-corrected chi connectivity index (χ0v) is 12.7. The van der Waals surface area contributed by atoms with Crippen LogP contribution in [-0.2, 0) is 0 Å². The summed E-state index contributed by atoms with van der Waals surface area (Å²) < 4.78 is 0. The molecule has 0 unspecified atom stereocenters. The standard InChI is InChI=1S/C19H22N2O/c1-2-13-12-7-9-21-18(13)16(11-12)19(22)15-8-10-20-17-6-4-3-5-14(15)17/h2-6,9,12-13,16,18-19,22H,1,7-8,10-11H2/t12-,13+,16-,18+,19-/m1/s1. The molecular weight excluding hydrogens is 272 g/mol. The van der Waals surface area contributed by atoms with E-state index in [-0.39, 0.29) is 12.0 Å². The van der Waals surface area contributed by atoms with Crippen LogP contribution in [0.2, 0.25) is 0 Å². The Bertz CT molecular complexity index is 736. The Hall–Kier alpha value is -1.74. The maximum atomic E-state index is 11.1. The first-order valence-corrected chi connectivity index (χ1v) is 8.24. The number of aliphatic hydroxyl groups is 1. The van der Waals surface area contributed by atoms with Crippen LogP contribution < -0.4 is 10.6 Å². The Morgan fingerprint density at radius 1 is 1.32 bits per heavy atom. The molecule has 1 aromatic carbocycles. The second kappa shape index (κ2) is 5.47. The molecule has 2 bridgehead atoms. The number of hydrogen-bond acceptors (Lipinski definition) is 3. The van der Waals surface area contributed by atoms with E-state index in [0.29, 0.717) is 11.8 Å². The number of hydrogen-bond donors (Lipinski definition) is 1. The lowest BCUT2D eigenvalue weighted by atomic mass is 9.86. The summed E-state index contributed by atoms with van der Waals surface area (Å²) in [6.45, 7) is 4.77. The SMILES string of the molecule is C=C[C@H]1[C@@H]2CC=N[C@@H]1[C@H]([C@H](O)C1=c3ccccc3=NCC1)C2. The van der Waals surface area contributed by atoms with E-state index in [1.54, 1.807) is 0 Å². The van der Waals surface area contributed by atoms with Gasteiger partial charge in [0.15, 0.2) is 0 Å². The molecule has 0 aromatic heterocycles. The topological polar surface area (TPSA) is 45.0 Å². The van der Waals surface area contributed by atoms with Crippen molar-refractivity contribution in [3.63, 3.8) is 0 Å².